The Morgan fingerprint density at radius 1 is 0.886 bits per heavy atom. The standard InChI is InChI=1S/C26H23N7O2/c1-2-23-29-33(24(34)16-18-8-4-3-5-9-18)26(35)32(23)17-19-12-14-20(15-13-19)21-10-6-7-11-22(21)25-27-30-31-28-25/h3-15H,2,16-17H2,1H3,(H,27,28,30,31). The second kappa shape index (κ2) is 9.68. The van der Waals surface area contributed by atoms with Crippen molar-refractivity contribution in [2.45, 2.75) is 26.3 Å². The van der Waals surface area contributed by atoms with Crippen molar-refractivity contribution >= 4 is 5.91 Å². The molecule has 2 heterocycles. The van der Waals surface area contributed by atoms with E-state index in [9.17, 15) is 9.59 Å². The summed E-state index contributed by atoms with van der Waals surface area (Å²) in [6, 6.07) is 25.2. The molecule has 174 valence electrons. The summed E-state index contributed by atoms with van der Waals surface area (Å²) >= 11 is 0. The van der Waals surface area contributed by atoms with E-state index >= 15 is 0 Å². The van der Waals surface area contributed by atoms with Crippen LogP contribution < -0.4 is 5.69 Å². The molecule has 0 saturated heterocycles. The molecule has 0 fully saturated rings. The first-order valence-electron chi connectivity index (χ1n) is 11.3. The lowest BCUT2D eigenvalue weighted by Gasteiger charge is -2.09. The fourth-order valence-corrected chi connectivity index (χ4v) is 4.05. The zero-order chi connectivity index (χ0) is 24.2. The number of nitrogens with one attached hydrogen (secondary N) is 1. The first-order chi connectivity index (χ1) is 17.1. The predicted molar refractivity (Wildman–Crippen MR) is 131 cm³/mol. The van der Waals surface area contributed by atoms with Crippen LogP contribution in [0.15, 0.2) is 83.7 Å². The Hall–Kier alpha value is -4.66. The average molecular weight is 466 g/mol. The van der Waals surface area contributed by atoms with Crippen LogP contribution in [0, 0.1) is 0 Å². The van der Waals surface area contributed by atoms with E-state index in [1.807, 2.05) is 85.8 Å². The summed E-state index contributed by atoms with van der Waals surface area (Å²) in [6.07, 6.45) is 0.660. The summed E-state index contributed by atoms with van der Waals surface area (Å²) in [5.41, 5.74) is 4.23. The van der Waals surface area contributed by atoms with Gasteiger partial charge in [0, 0.05) is 12.0 Å². The number of tetrazole rings is 1. The Kier molecular flexibility index (Phi) is 6.13. The molecule has 0 aliphatic heterocycles. The quantitative estimate of drug-likeness (QED) is 0.394. The number of aromatic nitrogens is 7. The number of rotatable bonds is 7. The van der Waals surface area contributed by atoms with Gasteiger partial charge < -0.3 is 0 Å². The maximum atomic E-state index is 13.1. The van der Waals surface area contributed by atoms with E-state index in [0.717, 1.165) is 32.5 Å². The smallest absolute Gasteiger partial charge is 0.274 e. The topological polar surface area (TPSA) is 111 Å². The molecule has 0 atom stereocenters. The summed E-state index contributed by atoms with van der Waals surface area (Å²) in [5.74, 6) is 0.823. The lowest BCUT2D eigenvalue weighted by atomic mass is 9.98. The third-order valence-corrected chi connectivity index (χ3v) is 5.82. The van der Waals surface area contributed by atoms with Crippen molar-refractivity contribution in [2.75, 3.05) is 0 Å². The fraction of sp³-hybridized carbons (Fsp3) is 0.154. The molecular weight excluding hydrogens is 442 g/mol. The summed E-state index contributed by atoms with van der Waals surface area (Å²) in [6.45, 7) is 2.25. The van der Waals surface area contributed by atoms with Crippen LogP contribution in [0.1, 0.15) is 28.7 Å². The van der Waals surface area contributed by atoms with Gasteiger partial charge in [0.2, 0.25) is 0 Å². The van der Waals surface area contributed by atoms with Crippen LogP contribution in [0.2, 0.25) is 0 Å². The molecule has 0 aliphatic carbocycles. The van der Waals surface area contributed by atoms with Crippen LogP contribution in [-0.4, -0.2) is 40.9 Å². The largest absolute Gasteiger partial charge is 0.353 e. The number of aromatic amines is 1. The normalized spacial score (nSPS) is 11.0. The van der Waals surface area contributed by atoms with Crippen LogP contribution in [0.4, 0.5) is 0 Å². The second-order valence-corrected chi connectivity index (χ2v) is 8.10. The van der Waals surface area contributed by atoms with Gasteiger partial charge in [-0.15, -0.1) is 14.9 Å². The van der Waals surface area contributed by atoms with Crippen molar-refractivity contribution in [1.82, 2.24) is 35.0 Å². The maximum Gasteiger partial charge on any atom is 0.353 e. The van der Waals surface area contributed by atoms with Crippen molar-refractivity contribution in [3.63, 3.8) is 0 Å². The van der Waals surface area contributed by atoms with E-state index in [1.54, 1.807) is 4.57 Å². The molecular formula is C26H23N7O2. The lowest BCUT2D eigenvalue weighted by Crippen LogP contribution is -2.31. The number of aryl methyl sites for hydroxylation is 1. The summed E-state index contributed by atoms with van der Waals surface area (Å²) < 4.78 is 2.55. The van der Waals surface area contributed by atoms with E-state index in [-0.39, 0.29) is 12.3 Å². The number of carbonyl (C=O) groups is 1. The van der Waals surface area contributed by atoms with Gasteiger partial charge in [-0.2, -0.15) is 0 Å². The molecule has 9 nitrogen and oxygen atoms in total. The predicted octanol–water partition coefficient (Wildman–Crippen LogP) is 3.39. The summed E-state index contributed by atoms with van der Waals surface area (Å²) in [4.78, 5) is 25.8. The van der Waals surface area contributed by atoms with Crippen LogP contribution in [-0.2, 0) is 19.4 Å². The highest BCUT2D eigenvalue weighted by atomic mass is 16.2. The van der Waals surface area contributed by atoms with Crippen LogP contribution in [0.5, 0.6) is 0 Å². The zero-order valence-electron chi connectivity index (χ0n) is 19.1. The van der Waals surface area contributed by atoms with E-state index in [1.165, 1.54) is 0 Å². The monoisotopic (exact) mass is 465 g/mol. The van der Waals surface area contributed by atoms with Crippen molar-refractivity contribution in [1.29, 1.82) is 0 Å². The van der Waals surface area contributed by atoms with E-state index in [2.05, 4.69) is 25.7 Å². The number of H-pyrrole nitrogens is 1. The molecule has 2 aromatic heterocycles. The number of carbonyl (C=O) groups excluding carboxylic acids is 1. The SMILES string of the molecule is CCc1nn(C(=O)Cc2ccccc2)c(=O)n1Cc1ccc(-c2ccccc2-c2nnn[nH]2)cc1. The first kappa shape index (κ1) is 22.1. The van der Waals surface area contributed by atoms with Crippen molar-refractivity contribution < 1.29 is 4.79 Å². The minimum Gasteiger partial charge on any atom is -0.274 e. The maximum absolute atomic E-state index is 13.1. The molecule has 35 heavy (non-hydrogen) atoms. The van der Waals surface area contributed by atoms with Gasteiger partial charge >= 0.3 is 5.69 Å². The highest BCUT2D eigenvalue weighted by Gasteiger charge is 2.18. The van der Waals surface area contributed by atoms with Gasteiger partial charge in [0.1, 0.15) is 5.82 Å². The summed E-state index contributed by atoms with van der Waals surface area (Å²) in [7, 11) is 0. The highest BCUT2D eigenvalue weighted by Crippen LogP contribution is 2.29. The van der Waals surface area contributed by atoms with Gasteiger partial charge in [0.25, 0.3) is 5.91 Å². The molecule has 0 radical (unpaired) electrons. The van der Waals surface area contributed by atoms with Gasteiger partial charge in [-0.25, -0.2) is 9.89 Å². The van der Waals surface area contributed by atoms with E-state index in [4.69, 9.17) is 0 Å². The van der Waals surface area contributed by atoms with Crippen molar-refractivity contribution in [3.05, 3.63) is 106 Å². The lowest BCUT2D eigenvalue weighted by molar-refractivity contribution is 0.0892. The molecule has 0 amide bonds. The Labute approximate surface area is 201 Å². The number of hydrogen-bond acceptors (Lipinski definition) is 6. The van der Waals surface area contributed by atoms with Crippen molar-refractivity contribution in [2.24, 2.45) is 0 Å². The molecule has 5 rings (SSSR count). The first-order valence-corrected chi connectivity index (χ1v) is 11.3. The van der Waals surface area contributed by atoms with Gasteiger partial charge in [0.15, 0.2) is 5.82 Å². The van der Waals surface area contributed by atoms with Gasteiger partial charge in [-0.1, -0.05) is 85.8 Å². The molecule has 0 saturated carbocycles. The van der Waals surface area contributed by atoms with Crippen LogP contribution in [0.3, 0.4) is 0 Å². The van der Waals surface area contributed by atoms with Crippen LogP contribution in [0.25, 0.3) is 22.5 Å². The van der Waals surface area contributed by atoms with Crippen LogP contribution >= 0.6 is 0 Å². The molecule has 0 unspecified atom stereocenters. The number of benzene rings is 3. The Morgan fingerprint density at radius 2 is 1.60 bits per heavy atom. The van der Waals surface area contributed by atoms with Crippen molar-refractivity contribution in [3.8, 4) is 22.5 Å². The molecule has 1 N–H and O–H groups in total. The highest BCUT2D eigenvalue weighted by molar-refractivity contribution is 5.81. The number of nitrogens with zero attached hydrogens (tertiary/aromatic N) is 6. The Balaban J connectivity index is 1.40. The molecule has 0 spiro atoms. The molecule has 0 aliphatic rings. The molecule has 9 heteroatoms. The molecule has 5 aromatic rings. The summed E-state index contributed by atoms with van der Waals surface area (Å²) in [5, 5.41) is 18.5. The van der Waals surface area contributed by atoms with E-state index in [0.29, 0.717) is 24.6 Å². The third-order valence-electron chi connectivity index (χ3n) is 5.82. The van der Waals surface area contributed by atoms with Gasteiger partial charge in [-0.3, -0.25) is 9.36 Å². The Morgan fingerprint density at radius 3 is 2.29 bits per heavy atom. The van der Waals surface area contributed by atoms with Gasteiger partial charge in [0.05, 0.1) is 13.0 Å². The minimum atomic E-state index is -0.421. The molecule has 3 aromatic carbocycles. The van der Waals surface area contributed by atoms with E-state index < -0.39 is 5.69 Å². The third kappa shape index (κ3) is 4.56. The second-order valence-electron chi connectivity index (χ2n) is 8.10. The molecule has 0 bridgehead atoms. The minimum absolute atomic E-state index is 0.121. The average Bonchev–Trinajstić information content (AvgIpc) is 3.54. The fourth-order valence-electron chi connectivity index (χ4n) is 4.05. The zero-order valence-corrected chi connectivity index (χ0v) is 19.1. The number of hydrogen-bond donors (Lipinski definition) is 1. The Bertz CT molecular complexity index is 1500. The van der Waals surface area contributed by atoms with Gasteiger partial charge in [-0.05, 0) is 32.7 Å².